The molecule has 4 heteroatoms. The minimum absolute atomic E-state index is 0.0829. The van der Waals surface area contributed by atoms with Crippen molar-refractivity contribution in [3.8, 4) is 0 Å². The maximum atomic E-state index is 11.2. The Bertz CT molecular complexity index is 455. The molecule has 15 heavy (non-hydrogen) atoms. The maximum absolute atomic E-state index is 11.2. The third-order valence-electron chi connectivity index (χ3n) is 2.85. The molecule has 0 heterocycles. The zero-order valence-electron chi connectivity index (χ0n) is 8.68. The third-order valence-corrected chi connectivity index (χ3v) is 3.91. The van der Waals surface area contributed by atoms with Crippen molar-refractivity contribution >= 4 is 9.84 Å². The zero-order chi connectivity index (χ0) is 11.1. The van der Waals surface area contributed by atoms with E-state index in [9.17, 15) is 8.42 Å². The summed E-state index contributed by atoms with van der Waals surface area (Å²) in [6.07, 6.45) is 2.01. The lowest BCUT2D eigenvalue weighted by atomic mass is 10.1. The number of benzene rings is 1. The first-order valence-corrected chi connectivity index (χ1v) is 6.98. The van der Waals surface area contributed by atoms with E-state index in [1.54, 1.807) is 0 Å². The summed E-state index contributed by atoms with van der Waals surface area (Å²) in [7, 11) is -2.99. The standard InChI is InChI=1S/C11H15NO2S/c1-15(13,14)8-11(12)7-10(11)9-5-3-2-4-6-9/h2-6,10H,7-8,12H2,1H3. The van der Waals surface area contributed by atoms with Crippen LogP contribution in [0, 0.1) is 0 Å². The van der Waals surface area contributed by atoms with E-state index >= 15 is 0 Å². The van der Waals surface area contributed by atoms with Gasteiger partial charge in [-0.3, -0.25) is 0 Å². The highest BCUT2D eigenvalue weighted by Crippen LogP contribution is 2.49. The fraction of sp³-hybridized carbons (Fsp3) is 0.455. The molecule has 0 radical (unpaired) electrons. The van der Waals surface area contributed by atoms with Gasteiger partial charge < -0.3 is 5.73 Å². The van der Waals surface area contributed by atoms with Crippen LogP contribution in [0.5, 0.6) is 0 Å². The van der Waals surface area contributed by atoms with Gasteiger partial charge >= 0.3 is 0 Å². The number of hydrogen-bond acceptors (Lipinski definition) is 3. The Morgan fingerprint density at radius 3 is 2.53 bits per heavy atom. The highest BCUT2D eigenvalue weighted by Gasteiger charge is 2.53. The second-order valence-corrected chi connectivity index (χ2v) is 6.61. The van der Waals surface area contributed by atoms with Gasteiger partial charge in [0, 0.05) is 17.7 Å². The molecule has 0 aromatic heterocycles. The van der Waals surface area contributed by atoms with Gasteiger partial charge in [0.25, 0.3) is 0 Å². The Kier molecular flexibility index (Phi) is 2.35. The molecule has 1 aromatic carbocycles. The summed E-state index contributed by atoms with van der Waals surface area (Å²) in [6.45, 7) is 0. The maximum Gasteiger partial charge on any atom is 0.149 e. The van der Waals surface area contributed by atoms with Crippen LogP contribution in [0.3, 0.4) is 0 Å². The van der Waals surface area contributed by atoms with Gasteiger partial charge in [0.2, 0.25) is 0 Å². The molecule has 1 aliphatic carbocycles. The van der Waals surface area contributed by atoms with Crippen molar-refractivity contribution in [1.29, 1.82) is 0 Å². The Morgan fingerprint density at radius 2 is 2.00 bits per heavy atom. The molecule has 0 saturated heterocycles. The molecule has 0 amide bonds. The van der Waals surface area contributed by atoms with Crippen molar-refractivity contribution in [2.24, 2.45) is 5.73 Å². The highest BCUT2D eigenvalue weighted by atomic mass is 32.2. The van der Waals surface area contributed by atoms with E-state index in [1.807, 2.05) is 30.3 Å². The average molecular weight is 225 g/mol. The van der Waals surface area contributed by atoms with Gasteiger partial charge in [0.1, 0.15) is 9.84 Å². The van der Waals surface area contributed by atoms with Crippen molar-refractivity contribution in [2.75, 3.05) is 12.0 Å². The summed E-state index contributed by atoms with van der Waals surface area (Å²) >= 11 is 0. The predicted octanol–water partition coefficient (Wildman–Crippen LogP) is 0.916. The molecule has 2 rings (SSSR count). The first kappa shape index (κ1) is 10.6. The Hall–Kier alpha value is -0.870. The van der Waals surface area contributed by atoms with Crippen molar-refractivity contribution in [3.63, 3.8) is 0 Å². The summed E-state index contributed by atoms with van der Waals surface area (Å²) in [5.74, 6) is 0.285. The van der Waals surface area contributed by atoms with Crippen LogP contribution in [0.15, 0.2) is 30.3 Å². The summed E-state index contributed by atoms with van der Waals surface area (Å²) in [5.41, 5.74) is 6.64. The first-order valence-electron chi connectivity index (χ1n) is 4.92. The fourth-order valence-electron chi connectivity index (χ4n) is 2.10. The highest BCUT2D eigenvalue weighted by molar-refractivity contribution is 7.90. The number of rotatable bonds is 3. The van der Waals surface area contributed by atoms with Crippen LogP contribution < -0.4 is 5.73 Å². The normalized spacial score (nSPS) is 30.1. The smallest absolute Gasteiger partial charge is 0.149 e. The molecular formula is C11H15NO2S. The van der Waals surface area contributed by atoms with Gasteiger partial charge in [0.15, 0.2) is 0 Å². The van der Waals surface area contributed by atoms with Crippen molar-refractivity contribution in [3.05, 3.63) is 35.9 Å². The van der Waals surface area contributed by atoms with E-state index in [0.29, 0.717) is 0 Å². The van der Waals surface area contributed by atoms with Crippen molar-refractivity contribution in [1.82, 2.24) is 0 Å². The van der Waals surface area contributed by atoms with Crippen LogP contribution in [0.1, 0.15) is 17.9 Å². The van der Waals surface area contributed by atoms with E-state index in [2.05, 4.69) is 0 Å². The Labute approximate surface area is 90.2 Å². The SMILES string of the molecule is CS(=O)(=O)CC1(N)CC1c1ccccc1. The molecule has 1 saturated carbocycles. The van der Waals surface area contributed by atoms with Crippen molar-refractivity contribution < 1.29 is 8.42 Å². The van der Waals surface area contributed by atoms with E-state index in [4.69, 9.17) is 5.73 Å². The molecule has 0 aliphatic heterocycles. The molecule has 2 unspecified atom stereocenters. The summed E-state index contributed by atoms with van der Waals surface area (Å²) in [5, 5.41) is 0. The van der Waals surface area contributed by atoms with Gasteiger partial charge in [-0.25, -0.2) is 8.42 Å². The van der Waals surface area contributed by atoms with Crippen LogP contribution >= 0.6 is 0 Å². The molecule has 2 atom stereocenters. The first-order chi connectivity index (χ1) is 6.91. The molecule has 1 aromatic rings. The van der Waals surface area contributed by atoms with Crippen molar-refractivity contribution in [2.45, 2.75) is 17.9 Å². The molecule has 2 N–H and O–H groups in total. The van der Waals surface area contributed by atoms with Crippen LogP contribution in [0.25, 0.3) is 0 Å². The second kappa shape index (κ2) is 3.32. The van der Waals surface area contributed by atoms with Gasteiger partial charge in [-0.05, 0) is 12.0 Å². The molecule has 1 aliphatic rings. The number of sulfone groups is 1. The molecule has 3 nitrogen and oxygen atoms in total. The third kappa shape index (κ3) is 2.38. The predicted molar refractivity (Wildman–Crippen MR) is 60.4 cm³/mol. The topological polar surface area (TPSA) is 60.2 Å². The van der Waals surface area contributed by atoms with Crippen LogP contribution in [-0.2, 0) is 9.84 Å². The van der Waals surface area contributed by atoms with Gasteiger partial charge in [-0.2, -0.15) is 0 Å². The second-order valence-electron chi connectivity index (χ2n) is 4.47. The molecular weight excluding hydrogens is 210 g/mol. The number of hydrogen-bond donors (Lipinski definition) is 1. The average Bonchev–Trinajstić information content (AvgIpc) is 2.75. The fourth-order valence-corrected chi connectivity index (χ4v) is 3.40. The summed E-state index contributed by atoms with van der Waals surface area (Å²) < 4.78 is 22.4. The van der Waals surface area contributed by atoms with Crippen LogP contribution in [-0.4, -0.2) is 26.0 Å². The van der Waals surface area contributed by atoms with Gasteiger partial charge in [-0.15, -0.1) is 0 Å². The van der Waals surface area contributed by atoms with Gasteiger partial charge in [0.05, 0.1) is 5.75 Å². The Balaban J connectivity index is 2.13. The quantitative estimate of drug-likeness (QED) is 0.832. The minimum atomic E-state index is -2.99. The lowest BCUT2D eigenvalue weighted by molar-refractivity contribution is 0.588. The lowest BCUT2D eigenvalue weighted by Crippen LogP contribution is -2.33. The molecule has 0 spiro atoms. The van der Waals surface area contributed by atoms with Gasteiger partial charge in [-0.1, -0.05) is 30.3 Å². The molecule has 0 bridgehead atoms. The van der Waals surface area contributed by atoms with E-state index in [0.717, 1.165) is 12.0 Å². The monoisotopic (exact) mass is 225 g/mol. The minimum Gasteiger partial charge on any atom is -0.324 e. The lowest BCUT2D eigenvalue weighted by Gasteiger charge is -2.09. The number of nitrogens with two attached hydrogens (primary N) is 1. The van der Waals surface area contributed by atoms with Crippen LogP contribution in [0.4, 0.5) is 0 Å². The molecule has 1 fully saturated rings. The summed E-state index contributed by atoms with van der Waals surface area (Å²) in [4.78, 5) is 0. The largest absolute Gasteiger partial charge is 0.324 e. The van der Waals surface area contributed by atoms with E-state index in [1.165, 1.54) is 6.26 Å². The van der Waals surface area contributed by atoms with E-state index < -0.39 is 15.4 Å². The Morgan fingerprint density at radius 1 is 1.40 bits per heavy atom. The van der Waals surface area contributed by atoms with E-state index in [-0.39, 0.29) is 11.7 Å². The van der Waals surface area contributed by atoms with Crippen LogP contribution in [0.2, 0.25) is 0 Å². The molecule has 82 valence electrons. The zero-order valence-corrected chi connectivity index (χ0v) is 9.50. The summed E-state index contributed by atoms with van der Waals surface area (Å²) in [6, 6.07) is 9.85.